The molecule has 0 saturated heterocycles. The van der Waals surface area contributed by atoms with Gasteiger partial charge in [0.1, 0.15) is 5.75 Å². The molecule has 3 aromatic rings. The number of nitrogens with one attached hydrogen (secondary N) is 1. The number of aromatic nitrogens is 3. The van der Waals surface area contributed by atoms with Gasteiger partial charge in [0.25, 0.3) is 0 Å². The minimum Gasteiger partial charge on any atom is -0.496 e. The highest BCUT2D eigenvalue weighted by molar-refractivity contribution is 7.99. The van der Waals surface area contributed by atoms with Crippen molar-refractivity contribution in [2.45, 2.75) is 18.5 Å². The van der Waals surface area contributed by atoms with Gasteiger partial charge in [-0.25, -0.2) is 4.68 Å². The molecule has 0 saturated carbocycles. The number of rotatable bonds is 7. The van der Waals surface area contributed by atoms with Crippen molar-refractivity contribution in [1.82, 2.24) is 14.9 Å². The molecule has 8 heteroatoms. The van der Waals surface area contributed by atoms with Gasteiger partial charge in [-0.3, -0.25) is 4.79 Å². The summed E-state index contributed by atoms with van der Waals surface area (Å²) in [5.74, 6) is 7.32. The van der Waals surface area contributed by atoms with Crippen LogP contribution in [0.4, 0.5) is 5.69 Å². The number of para-hydroxylation sites is 2. The van der Waals surface area contributed by atoms with E-state index in [0.29, 0.717) is 16.7 Å². The van der Waals surface area contributed by atoms with Crippen molar-refractivity contribution in [3.05, 3.63) is 54.1 Å². The molecule has 2 aromatic carbocycles. The highest BCUT2D eigenvalue weighted by Crippen LogP contribution is 2.29. The molecule has 27 heavy (non-hydrogen) atoms. The third kappa shape index (κ3) is 4.22. The molecule has 0 radical (unpaired) electrons. The summed E-state index contributed by atoms with van der Waals surface area (Å²) < 4.78 is 6.71. The zero-order valence-electron chi connectivity index (χ0n) is 15.2. The first-order valence-electron chi connectivity index (χ1n) is 8.48. The van der Waals surface area contributed by atoms with E-state index in [9.17, 15) is 4.79 Å². The Bertz CT molecular complexity index is 941. The number of thioether (sulfide) groups is 1. The minimum absolute atomic E-state index is 0.122. The van der Waals surface area contributed by atoms with E-state index in [1.165, 1.54) is 16.4 Å². The third-order valence-corrected chi connectivity index (χ3v) is 4.96. The number of ether oxygens (including phenoxy) is 1. The van der Waals surface area contributed by atoms with E-state index in [2.05, 4.69) is 22.4 Å². The SMILES string of the molecule is CCc1ccccc1NC(=O)CSc1nnc(-c2ccccc2OC)n1N. The molecular formula is C19H21N5O2S. The van der Waals surface area contributed by atoms with Crippen molar-refractivity contribution in [2.75, 3.05) is 24.0 Å². The summed E-state index contributed by atoms with van der Waals surface area (Å²) >= 11 is 1.23. The van der Waals surface area contributed by atoms with E-state index in [4.69, 9.17) is 10.6 Å². The normalized spacial score (nSPS) is 10.6. The molecule has 0 aliphatic heterocycles. The van der Waals surface area contributed by atoms with Crippen LogP contribution in [0.15, 0.2) is 53.7 Å². The molecule has 3 N–H and O–H groups in total. The molecule has 0 aliphatic rings. The highest BCUT2D eigenvalue weighted by atomic mass is 32.2. The number of nitrogens with zero attached hydrogens (tertiary/aromatic N) is 3. The minimum atomic E-state index is -0.122. The number of benzene rings is 2. The van der Waals surface area contributed by atoms with Crippen molar-refractivity contribution in [3.63, 3.8) is 0 Å². The molecule has 0 fully saturated rings. The molecule has 0 bridgehead atoms. The number of methoxy groups -OCH3 is 1. The Labute approximate surface area is 161 Å². The standard InChI is InChI=1S/C19H21N5O2S/c1-3-13-8-4-6-10-15(13)21-17(25)12-27-19-23-22-18(24(19)20)14-9-5-7-11-16(14)26-2/h4-11H,3,12,20H2,1-2H3,(H,21,25). The molecule has 140 valence electrons. The topological polar surface area (TPSA) is 95.1 Å². The van der Waals surface area contributed by atoms with Gasteiger partial charge in [-0.05, 0) is 30.2 Å². The Balaban J connectivity index is 1.69. The van der Waals surface area contributed by atoms with E-state index in [0.717, 1.165) is 23.2 Å². The smallest absolute Gasteiger partial charge is 0.234 e. The lowest BCUT2D eigenvalue weighted by atomic mass is 10.1. The zero-order chi connectivity index (χ0) is 19.2. The first-order chi connectivity index (χ1) is 13.1. The van der Waals surface area contributed by atoms with Gasteiger partial charge in [-0.1, -0.05) is 49.0 Å². The second-order valence-electron chi connectivity index (χ2n) is 5.72. The average molecular weight is 383 g/mol. The van der Waals surface area contributed by atoms with E-state index in [1.807, 2.05) is 48.5 Å². The van der Waals surface area contributed by atoms with Crippen LogP contribution < -0.4 is 15.9 Å². The predicted molar refractivity (Wildman–Crippen MR) is 107 cm³/mol. The number of carbonyl (C=O) groups excluding carboxylic acids is 1. The van der Waals surface area contributed by atoms with Gasteiger partial charge in [-0.15, -0.1) is 10.2 Å². The van der Waals surface area contributed by atoms with E-state index < -0.39 is 0 Å². The number of hydrogen-bond acceptors (Lipinski definition) is 6. The molecule has 0 unspecified atom stereocenters. The molecule has 1 heterocycles. The van der Waals surface area contributed by atoms with Crippen LogP contribution >= 0.6 is 11.8 Å². The molecule has 0 spiro atoms. The second kappa shape index (κ2) is 8.59. The second-order valence-corrected chi connectivity index (χ2v) is 6.67. The Hall–Kier alpha value is -3.00. The van der Waals surface area contributed by atoms with Gasteiger partial charge < -0.3 is 15.9 Å². The zero-order valence-corrected chi connectivity index (χ0v) is 16.0. The van der Waals surface area contributed by atoms with Crippen LogP contribution in [-0.4, -0.2) is 33.6 Å². The maximum Gasteiger partial charge on any atom is 0.234 e. The average Bonchev–Trinajstić information content (AvgIpc) is 3.07. The van der Waals surface area contributed by atoms with Crippen LogP contribution in [0.2, 0.25) is 0 Å². The fourth-order valence-corrected chi connectivity index (χ4v) is 3.31. The summed E-state index contributed by atoms with van der Waals surface area (Å²) in [6, 6.07) is 15.2. The Morgan fingerprint density at radius 3 is 2.70 bits per heavy atom. The van der Waals surface area contributed by atoms with Crippen LogP contribution in [0.1, 0.15) is 12.5 Å². The third-order valence-electron chi connectivity index (χ3n) is 4.02. The maximum atomic E-state index is 12.3. The van der Waals surface area contributed by atoms with Crippen LogP contribution in [0.3, 0.4) is 0 Å². The van der Waals surface area contributed by atoms with Crippen LogP contribution in [0, 0.1) is 0 Å². The largest absolute Gasteiger partial charge is 0.496 e. The van der Waals surface area contributed by atoms with Gasteiger partial charge >= 0.3 is 0 Å². The van der Waals surface area contributed by atoms with Gasteiger partial charge in [-0.2, -0.15) is 0 Å². The number of carbonyl (C=O) groups is 1. The predicted octanol–water partition coefficient (Wildman–Crippen LogP) is 2.96. The fraction of sp³-hybridized carbons (Fsp3) is 0.211. The molecule has 0 atom stereocenters. The monoisotopic (exact) mass is 383 g/mol. The van der Waals surface area contributed by atoms with Crippen molar-refractivity contribution in [3.8, 4) is 17.1 Å². The van der Waals surface area contributed by atoms with Gasteiger partial charge in [0.2, 0.25) is 11.1 Å². The number of hydrogen-bond donors (Lipinski definition) is 2. The summed E-state index contributed by atoms with van der Waals surface area (Å²) in [5.41, 5.74) is 2.66. The molecule has 3 rings (SSSR count). The van der Waals surface area contributed by atoms with Crippen LogP contribution in [-0.2, 0) is 11.2 Å². The Morgan fingerprint density at radius 1 is 1.19 bits per heavy atom. The van der Waals surface area contributed by atoms with Crippen molar-refractivity contribution in [2.24, 2.45) is 0 Å². The molecular weight excluding hydrogens is 362 g/mol. The lowest BCUT2D eigenvalue weighted by molar-refractivity contribution is -0.113. The number of anilines is 1. The molecule has 7 nitrogen and oxygen atoms in total. The summed E-state index contributed by atoms with van der Waals surface area (Å²) in [6.07, 6.45) is 0.850. The maximum absolute atomic E-state index is 12.3. The highest BCUT2D eigenvalue weighted by Gasteiger charge is 2.16. The first-order valence-corrected chi connectivity index (χ1v) is 9.47. The first kappa shape index (κ1) is 18.8. The number of aryl methyl sites for hydroxylation is 1. The summed E-state index contributed by atoms with van der Waals surface area (Å²) in [6.45, 7) is 2.05. The molecule has 1 amide bonds. The van der Waals surface area contributed by atoms with Crippen LogP contribution in [0.25, 0.3) is 11.4 Å². The lowest BCUT2D eigenvalue weighted by Crippen LogP contribution is -2.17. The van der Waals surface area contributed by atoms with E-state index in [1.54, 1.807) is 7.11 Å². The summed E-state index contributed by atoms with van der Waals surface area (Å²) in [7, 11) is 1.59. The van der Waals surface area contributed by atoms with Crippen LogP contribution in [0.5, 0.6) is 5.75 Å². The quantitative estimate of drug-likeness (QED) is 0.481. The summed E-state index contributed by atoms with van der Waals surface area (Å²) in [5, 5.41) is 11.6. The number of amides is 1. The van der Waals surface area contributed by atoms with E-state index >= 15 is 0 Å². The molecule has 1 aromatic heterocycles. The van der Waals surface area contributed by atoms with Gasteiger partial charge in [0.05, 0.1) is 18.4 Å². The van der Waals surface area contributed by atoms with Crippen molar-refractivity contribution in [1.29, 1.82) is 0 Å². The molecule has 0 aliphatic carbocycles. The number of nitrogens with two attached hydrogens (primary N) is 1. The number of nitrogen functional groups attached to an aromatic ring is 1. The Kier molecular flexibility index (Phi) is 5.97. The van der Waals surface area contributed by atoms with Crippen molar-refractivity contribution < 1.29 is 9.53 Å². The summed E-state index contributed by atoms with van der Waals surface area (Å²) in [4.78, 5) is 12.3. The Morgan fingerprint density at radius 2 is 1.93 bits per heavy atom. The van der Waals surface area contributed by atoms with Gasteiger partial charge in [0, 0.05) is 5.69 Å². The lowest BCUT2D eigenvalue weighted by Gasteiger charge is -2.09. The van der Waals surface area contributed by atoms with Crippen molar-refractivity contribution >= 4 is 23.4 Å². The van der Waals surface area contributed by atoms with E-state index in [-0.39, 0.29) is 11.7 Å². The fourth-order valence-electron chi connectivity index (χ4n) is 2.66. The van der Waals surface area contributed by atoms with Gasteiger partial charge in [0.15, 0.2) is 5.82 Å².